The van der Waals surface area contributed by atoms with Gasteiger partial charge in [-0.15, -0.1) is 0 Å². The lowest BCUT2D eigenvalue weighted by molar-refractivity contribution is -0.147. The Morgan fingerprint density at radius 2 is 1.58 bits per heavy atom. The number of hydrogen-bond donors (Lipinski definition) is 4. The summed E-state index contributed by atoms with van der Waals surface area (Å²) >= 11 is 4.33. The molecule has 3 amide bonds. The van der Waals surface area contributed by atoms with Crippen LogP contribution in [0.4, 0.5) is 10.5 Å². The van der Waals surface area contributed by atoms with E-state index < -0.39 is 41.1 Å². The predicted octanol–water partition coefficient (Wildman–Crippen LogP) is 5.53. The Kier molecular flexibility index (Phi) is 10.3. The fraction of sp³-hybridized carbons (Fsp3) is 0.483. The lowest BCUT2D eigenvalue weighted by Gasteiger charge is -2.44. The van der Waals surface area contributed by atoms with E-state index in [0.717, 1.165) is 11.1 Å². The number of thiol groups is 1. The number of aromatic hydroxyl groups is 1. The molecule has 38 heavy (non-hydrogen) atoms. The van der Waals surface area contributed by atoms with Crippen molar-refractivity contribution in [3.05, 3.63) is 59.2 Å². The van der Waals surface area contributed by atoms with Crippen molar-refractivity contribution in [1.82, 2.24) is 10.2 Å². The molecule has 0 bridgehead atoms. The average Bonchev–Trinajstić information content (AvgIpc) is 2.82. The number of alkyl carbamates (subject to hydrolysis) is 1. The molecule has 2 atom stereocenters. The molecule has 0 aliphatic heterocycles. The van der Waals surface area contributed by atoms with Crippen molar-refractivity contribution >= 4 is 36.2 Å². The van der Waals surface area contributed by atoms with Gasteiger partial charge in [0, 0.05) is 22.5 Å². The Balaban J connectivity index is 2.64. The second-order valence-electron chi connectivity index (χ2n) is 11.0. The number of hydrogen-bond acceptors (Lipinski definition) is 6. The maximum absolute atomic E-state index is 14.1. The third-order valence-electron chi connectivity index (χ3n) is 6.39. The fourth-order valence-corrected chi connectivity index (χ4v) is 4.32. The quantitative estimate of drug-likeness (QED) is 0.311. The zero-order valence-corrected chi connectivity index (χ0v) is 24.5. The Morgan fingerprint density at radius 3 is 2.08 bits per heavy atom. The number of carbonyl (C=O) groups is 3. The summed E-state index contributed by atoms with van der Waals surface area (Å²) in [6, 6.07) is 9.83. The number of nitrogens with one attached hydrogen (secondary N) is 2. The number of benzene rings is 2. The largest absolute Gasteiger partial charge is 0.508 e. The molecule has 3 N–H and O–H groups in total. The number of ether oxygens (including phenoxy) is 1. The number of para-hydroxylation sites is 2. The maximum Gasteiger partial charge on any atom is 0.408 e. The summed E-state index contributed by atoms with van der Waals surface area (Å²) in [4.78, 5) is 42.2. The van der Waals surface area contributed by atoms with E-state index in [-0.39, 0.29) is 17.1 Å². The third kappa shape index (κ3) is 7.66. The van der Waals surface area contributed by atoms with Gasteiger partial charge >= 0.3 is 6.09 Å². The number of rotatable bonds is 9. The normalized spacial score (nSPS) is 13.3. The summed E-state index contributed by atoms with van der Waals surface area (Å²) in [5, 5.41) is 16.4. The highest BCUT2D eigenvalue weighted by Gasteiger charge is 2.43. The van der Waals surface area contributed by atoms with E-state index in [2.05, 4.69) is 23.3 Å². The van der Waals surface area contributed by atoms with Gasteiger partial charge < -0.3 is 25.4 Å². The average molecular weight is 544 g/mol. The molecule has 0 aliphatic carbocycles. The van der Waals surface area contributed by atoms with Crippen LogP contribution in [0.1, 0.15) is 70.7 Å². The van der Waals surface area contributed by atoms with Gasteiger partial charge in [-0.2, -0.15) is 12.6 Å². The van der Waals surface area contributed by atoms with Crippen LogP contribution in [-0.2, 0) is 14.3 Å². The van der Waals surface area contributed by atoms with Crippen molar-refractivity contribution in [2.75, 3.05) is 11.1 Å². The summed E-state index contributed by atoms with van der Waals surface area (Å²) in [5.74, 6) is -1.17. The Bertz CT molecular complexity index is 1140. The van der Waals surface area contributed by atoms with Crippen LogP contribution in [0.3, 0.4) is 0 Å². The molecule has 0 radical (unpaired) electrons. The highest BCUT2D eigenvalue weighted by molar-refractivity contribution is 7.80. The van der Waals surface area contributed by atoms with Crippen LogP contribution < -0.4 is 10.6 Å². The first-order valence-electron chi connectivity index (χ1n) is 12.7. The van der Waals surface area contributed by atoms with Crippen LogP contribution >= 0.6 is 12.6 Å². The smallest absolute Gasteiger partial charge is 0.408 e. The molecule has 0 heterocycles. The van der Waals surface area contributed by atoms with Gasteiger partial charge in [-0.25, -0.2) is 4.79 Å². The molecule has 2 unspecified atom stereocenters. The number of phenols is 1. The van der Waals surface area contributed by atoms with E-state index in [9.17, 15) is 19.5 Å². The van der Waals surface area contributed by atoms with Gasteiger partial charge in [0.25, 0.3) is 5.91 Å². The van der Waals surface area contributed by atoms with Gasteiger partial charge in [0.15, 0.2) is 0 Å². The lowest BCUT2D eigenvalue weighted by atomic mass is 9.91. The highest BCUT2D eigenvalue weighted by Crippen LogP contribution is 2.37. The first kappa shape index (κ1) is 31.0. The molecule has 0 spiro atoms. The van der Waals surface area contributed by atoms with E-state index in [1.807, 2.05) is 52.8 Å². The lowest BCUT2D eigenvalue weighted by Crippen LogP contribution is -2.59. The van der Waals surface area contributed by atoms with Gasteiger partial charge in [-0.1, -0.05) is 43.3 Å². The first-order valence-corrected chi connectivity index (χ1v) is 13.3. The summed E-state index contributed by atoms with van der Waals surface area (Å²) in [6.07, 6.45) is -0.274. The molecule has 0 saturated carbocycles. The highest BCUT2D eigenvalue weighted by atomic mass is 32.1. The van der Waals surface area contributed by atoms with Crippen molar-refractivity contribution in [3.63, 3.8) is 0 Å². The van der Waals surface area contributed by atoms with E-state index in [1.54, 1.807) is 39.0 Å². The van der Waals surface area contributed by atoms with Gasteiger partial charge in [-0.05, 0) is 72.1 Å². The van der Waals surface area contributed by atoms with E-state index in [0.29, 0.717) is 12.1 Å². The van der Waals surface area contributed by atoms with Crippen molar-refractivity contribution in [3.8, 4) is 5.75 Å². The zero-order chi connectivity index (χ0) is 28.8. The molecule has 2 aromatic carbocycles. The monoisotopic (exact) mass is 543 g/mol. The number of aryl methyl sites for hydroxylation is 2. The van der Waals surface area contributed by atoms with E-state index >= 15 is 0 Å². The number of amides is 3. The SMILES string of the molecule is CCC(C)(C)N(C(=O)C(CS)NC(=O)OC(C)(C)C)C(C(=O)Nc1c(C)cccc1C)c1ccccc1O. The molecule has 0 fully saturated rings. The van der Waals surface area contributed by atoms with Crippen LogP contribution in [0.5, 0.6) is 5.75 Å². The van der Waals surface area contributed by atoms with Crippen LogP contribution in [0.25, 0.3) is 0 Å². The van der Waals surface area contributed by atoms with Crippen molar-refractivity contribution in [2.24, 2.45) is 0 Å². The topological polar surface area (TPSA) is 108 Å². The van der Waals surface area contributed by atoms with E-state index in [1.165, 1.54) is 11.0 Å². The number of nitrogens with zero attached hydrogens (tertiary/aromatic N) is 1. The number of carbonyl (C=O) groups excluding carboxylic acids is 3. The molecule has 0 aliphatic rings. The Labute approximate surface area is 231 Å². The number of anilines is 1. The molecular formula is C29H41N3O5S. The molecular weight excluding hydrogens is 502 g/mol. The summed E-state index contributed by atoms with van der Waals surface area (Å²) in [7, 11) is 0. The van der Waals surface area contributed by atoms with Crippen LogP contribution in [-0.4, -0.2) is 50.8 Å². The van der Waals surface area contributed by atoms with Crippen LogP contribution in [0.2, 0.25) is 0 Å². The molecule has 2 rings (SSSR count). The van der Waals surface area contributed by atoms with Crippen LogP contribution in [0, 0.1) is 13.8 Å². The van der Waals surface area contributed by atoms with Gasteiger partial charge in [0.1, 0.15) is 23.4 Å². The van der Waals surface area contributed by atoms with Gasteiger partial charge in [0.2, 0.25) is 5.91 Å². The Morgan fingerprint density at radius 1 is 1.00 bits per heavy atom. The van der Waals surface area contributed by atoms with Crippen LogP contribution in [0.15, 0.2) is 42.5 Å². The van der Waals surface area contributed by atoms with Gasteiger partial charge in [0.05, 0.1) is 0 Å². The third-order valence-corrected chi connectivity index (χ3v) is 6.76. The van der Waals surface area contributed by atoms with Crippen molar-refractivity contribution < 1.29 is 24.2 Å². The minimum atomic E-state index is -1.21. The maximum atomic E-state index is 14.1. The molecule has 2 aromatic rings. The molecule has 0 saturated heterocycles. The standard InChI is InChI=1S/C29H41N3O5S/c1-9-29(7,8)32(26(35)21(17-38)30-27(36)37-28(4,5)6)24(20-15-10-11-16-22(20)33)25(34)31-23-18(2)13-12-14-19(23)3/h10-16,21,24,33,38H,9,17H2,1-8H3,(H,30,36)(H,31,34). The molecule has 208 valence electrons. The number of phenolic OH excluding ortho intramolecular Hbond substituents is 1. The zero-order valence-electron chi connectivity index (χ0n) is 23.6. The molecule has 9 heteroatoms. The Hall–Kier alpha value is -3.20. The second kappa shape index (κ2) is 12.6. The van der Waals surface area contributed by atoms with Crippen molar-refractivity contribution in [2.45, 2.75) is 85.0 Å². The first-order chi connectivity index (χ1) is 17.6. The fourth-order valence-electron chi connectivity index (χ4n) is 4.07. The summed E-state index contributed by atoms with van der Waals surface area (Å²) in [5.41, 5.74) is 1.02. The van der Waals surface area contributed by atoms with Crippen molar-refractivity contribution in [1.29, 1.82) is 0 Å². The summed E-state index contributed by atoms with van der Waals surface area (Å²) in [6.45, 7) is 14.5. The minimum Gasteiger partial charge on any atom is -0.508 e. The summed E-state index contributed by atoms with van der Waals surface area (Å²) < 4.78 is 5.35. The molecule has 8 nitrogen and oxygen atoms in total. The van der Waals surface area contributed by atoms with Gasteiger partial charge in [-0.3, -0.25) is 9.59 Å². The predicted molar refractivity (Wildman–Crippen MR) is 154 cm³/mol. The molecule has 0 aromatic heterocycles. The minimum absolute atomic E-state index is 0.0274. The van der Waals surface area contributed by atoms with E-state index in [4.69, 9.17) is 4.74 Å². The second-order valence-corrected chi connectivity index (χ2v) is 11.3.